The molecule has 0 spiro atoms. The van der Waals surface area contributed by atoms with E-state index in [2.05, 4.69) is 41.5 Å². The number of rotatable bonds is 9. The van der Waals surface area contributed by atoms with Gasteiger partial charge in [-0.2, -0.15) is 0 Å². The van der Waals surface area contributed by atoms with Crippen molar-refractivity contribution in [2.45, 2.75) is 20.8 Å². The molecular weight excluding hydrogens is 448 g/mol. The van der Waals surface area contributed by atoms with Gasteiger partial charge in [-0.1, -0.05) is 42.4 Å². The molecule has 1 aliphatic heterocycles. The minimum absolute atomic E-state index is 0.0807. The highest BCUT2D eigenvalue weighted by Gasteiger charge is 2.21. The Hall–Kier alpha value is -3.09. The molecule has 2 N–H and O–H groups in total. The Morgan fingerprint density at radius 3 is 2.44 bits per heavy atom. The van der Waals surface area contributed by atoms with Crippen molar-refractivity contribution in [3.05, 3.63) is 76.9 Å². The van der Waals surface area contributed by atoms with E-state index in [-0.39, 0.29) is 11.8 Å². The molecule has 2 aromatic carbocycles. The molecule has 1 heterocycles. The Morgan fingerprint density at radius 1 is 0.971 bits per heavy atom. The maximum atomic E-state index is 13.1. The van der Waals surface area contributed by atoms with E-state index in [9.17, 15) is 9.59 Å². The molecule has 2 amide bonds. The van der Waals surface area contributed by atoms with E-state index in [1.54, 1.807) is 23.1 Å². The van der Waals surface area contributed by atoms with E-state index < -0.39 is 0 Å². The second-order valence-corrected chi connectivity index (χ2v) is 8.91. The minimum atomic E-state index is -0.196. The van der Waals surface area contributed by atoms with Crippen LogP contribution in [0.25, 0.3) is 0 Å². The fraction of sp³-hybridized carbons (Fsp3) is 0.333. The van der Waals surface area contributed by atoms with Gasteiger partial charge >= 0.3 is 0 Å². The summed E-state index contributed by atoms with van der Waals surface area (Å²) in [5, 5.41) is 6.20. The number of hydrogen-bond donors (Lipinski definition) is 2. The summed E-state index contributed by atoms with van der Waals surface area (Å²) in [4.78, 5) is 29.7. The van der Waals surface area contributed by atoms with E-state index in [0.717, 1.165) is 36.6 Å². The maximum absolute atomic E-state index is 13.1. The van der Waals surface area contributed by atoms with Gasteiger partial charge in [0, 0.05) is 38.1 Å². The summed E-state index contributed by atoms with van der Waals surface area (Å²) in [6.45, 7) is 9.33. The highest BCUT2D eigenvalue weighted by atomic mass is 35.5. The first-order valence-electron chi connectivity index (χ1n) is 11.5. The zero-order valence-electron chi connectivity index (χ0n) is 20.3. The van der Waals surface area contributed by atoms with Crippen molar-refractivity contribution in [2.24, 2.45) is 0 Å². The van der Waals surface area contributed by atoms with Crippen LogP contribution in [0, 0.1) is 0 Å². The molecule has 0 unspecified atom stereocenters. The van der Waals surface area contributed by atoms with E-state index in [0.29, 0.717) is 29.2 Å². The van der Waals surface area contributed by atoms with Gasteiger partial charge in [0.25, 0.3) is 11.8 Å². The molecule has 0 atom stereocenters. The Bertz CT molecular complexity index is 1110. The maximum Gasteiger partial charge on any atom is 0.257 e. The molecule has 0 saturated heterocycles. The number of anilines is 3. The molecule has 0 bridgehead atoms. The van der Waals surface area contributed by atoms with Crippen LogP contribution in [0.1, 0.15) is 41.5 Å². The number of likely N-dealkylation sites (N-methyl/N-ethyl adjacent to an activating group) is 2. The molecule has 0 fully saturated rings. The smallest absolute Gasteiger partial charge is 0.257 e. The molecular formula is C27H33ClN4O2. The molecule has 0 aliphatic carbocycles. The second-order valence-electron chi connectivity index (χ2n) is 8.64. The largest absolute Gasteiger partial charge is 0.353 e. The Morgan fingerprint density at radius 2 is 1.71 bits per heavy atom. The van der Waals surface area contributed by atoms with Gasteiger partial charge in [-0.05, 0) is 50.7 Å². The zero-order chi connectivity index (χ0) is 24.7. The number of hydrogen-bond acceptors (Lipinski definition) is 4. The fourth-order valence-electron chi connectivity index (χ4n) is 3.71. The van der Waals surface area contributed by atoms with Crippen LogP contribution < -0.4 is 10.6 Å². The number of alkyl halides is 1. The first-order chi connectivity index (χ1) is 16.3. The monoisotopic (exact) mass is 480 g/mol. The van der Waals surface area contributed by atoms with Gasteiger partial charge in [0.15, 0.2) is 0 Å². The predicted molar refractivity (Wildman–Crippen MR) is 141 cm³/mol. The van der Waals surface area contributed by atoms with Gasteiger partial charge in [0.1, 0.15) is 0 Å². The lowest BCUT2D eigenvalue weighted by atomic mass is 10.1. The summed E-state index contributed by atoms with van der Waals surface area (Å²) in [6, 6.07) is 12.7. The number of nitrogens with one attached hydrogen (secondary N) is 2. The first-order valence-corrected chi connectivity index (χ1v) is 12.0. The molecule has 0 saturated carbocycles. The number of amides is 2. The molecule has 0 radical (unpaired) electrons. The van der Waals surface area contributed by atoms with Crippen LogP contribution >= 0.6 is 11.6 Å². The van der Waals surface area contributed by atoms with E-state index in [4.69, 9.17) is 11.6 Å². The number of fused-ring (bicyclic) bond motifs is 2. The minimum Gasteiger partial charge on any atom is -0.353 e. The highest BCUT2D eigenvalue weighted by Crippen LogP contribution is 2.32. The molecule has 180 valence electrons. The van der Waals surface area contributed by atoms with Crippen molar-refractivity contribution in [3.8, 4) is 0 Å². The number of carbonyl (C=O) groups excluding carboxylic acids is 2. The van der Waals surface area contributed by atoms with E-state index in [1.165, 1.54) is 5.57 Å². The Balaban J connectivity index is 1.64. The fourth-order valence-corrected chi connectivity index (χ4v) is 3.80. The average Bonchev–Trinajstić information content (AvgIpc) is 2.99. The Labute approximate surface area is 207 Å². The molecule has 6 nitrogen and oxygen atoms in total. The van der Waals surface area contributed by atoms with Crippen molar-refractivity contribution in [1.82, 2.24) is 9.80 Å². The van der Waals surface area contributed by atoms with Gasteiger partial charge in [0.2, 0.25) is 0 Å². The molecule has 0 aromatic heterocycles. The molecule has 3 rings (SSSR count). The lowest BCUT2D eigenvalue weighted by molar-refractivity contribution is 0.0780. The SMILES string of the molecule is CCN(CCN(C)C(=O)c1ccc2c(c1)NC(=O)c1ccccc1N2)C/C(C)=C\C=C(/C)CCl. The summed E-state index contributed by atoms with van der Waals surface area (Å²) >= 11 is 5.84. The number of nitrogens with zero attached hydrogens (tertiary/aromatic N) is 2. The third kappa shape index (κ3) is 6.49. The lowest BCUT2D eigenvalue weighted by Crippen LogP contribution is -2.37. The van der Waals surface area contributed by atoms with Crippen LogP contribution in [0.4, 0.5) is 17.1 Å². The van der Waals surface area contributed by atoms with Crippen LogP contribution in [0.5, 0.6) is 0 Å². The van der Waals surface area contributed by atoms with Gasteiger partial charge < -0.3 is 15.5 Å². The zero-order valence-corrected chi connectivity index (χ0v) is 21.1. The quantitative estimate of drug-likeness (QED) is 0.366. The number of allylic oxidation sites excluding steroid dienone is 3. The summed E-state index contributed by atoms with van der Waals surface area (Å²) in [6.07, 6.45) is 4.15. The molecule has 2 aromatic rings. The van der Waals surface area contributed by atoms with E-state index >= 15 is 0 Å². The number of halogens is 1. The van der Waals surface area contributed by atoms with Crippen molar-refractivity contribution in [2.75, 3.05) is 49.7 Å². The second kappa shape index (κ2) is 11.9. The first kappa shape index (κ1) is 25.5. The topological polar surface area (TPSA) is 64.7 Å². The third-order valence-electron chi connectivity index (χ3n) is 5.84. The van der Waals surface area contributed by atoms with Gasteiger partial charge in [-0.3, -0.25) is 14.5 Å². The molecule has 34 heavy (non-hydrogen) atoms. The number of carbonyl (C=O) groups is 2. The summed E-state index contributed by atoms with van der Waals surface area (Å²) in [7, 11) is 1.81. The summed E-state index contributed by atoms with van der Waals surface area (Å²) in [5.74, 6) is 0.254. The predicted octanol–water partition coefficient (Wildman–Crippen LogP) is 5.52. The van der Waals surface area contributed by atoms with Crippen molar-refractivity contribution in [1.29, 1.82) is 0 Å². The lowest BCUT2D eigenvalue weighted by Gasteiger charge is -2.25. The summed E-state index contributed by atoms with van der Waals surface area (Å²) in [5.41, 5.74) is 5.58. The van der Waals surface area contributed by atoms with Crippen LogP contribution in [0.2, 0.25) is 0 Å². The van der Waals surface area contributed by atoms with Crippen LogP contribution in [0.15, 0.2) is 65.8 Å². The van der Waals surface area contributed by atoms with Crippen molar-refractivity contribution >= 4 is 40.5 Å². The van der Waals surface area contributed by atoms with Crippen LogP contribution in [0.3, 0.4) is 0 Å². The average molecular weight is 481 g/mol. The standard InChI is InChI=1S/C27H33ClN4O2/c1-5-32(18-20(3)11-10-19(2)17-28)15-14-31(4)27(34)21-12-13-24-25(16-21)30-26(33)22-8-6-7-9-23(22)29-24/h6-13,16,29H,5,14-15,17-18H2,1-4H3,(H,30,33)/b19-10+,20-11-. The summed E-state index contributed by atoms with van der Waals surface area (Å²) < 4.78 is 0. The van der Waals surface area contributed by atoms with Gasteiger partial charge in [-0.25, -0.2) is 0 Å². The molecule has 1 aliphatic rings. The number of para-hydroxylation sites is 1. The highest BCUT2D eigenvalue weighted by molar-refractivity contribution is 6.19. The van der Waals surface area contributed by atoms with Gasteiger partial charge in [0.05, 0.1) is 22.6 Å². The van der Waals surface area contributed by atoms with Crippen LogP contribution in [-0.4, -0.2) is 60.7 Å². The van der Waals surface area contributed by atoms with Crippen molar-refractivity contribution in [3.63, 3.8) is 0 Å². The van der Waals surface area contributed by atoms with Gasteiger partial charge in [-0.15, -0.1) is 11.6 Å². The number of benzene rings is 2. The Kier molecular flexibility index (Phi) is 8.91. The van der Waals surface area contributed by atoms with E-state index in [1.807, 2.05) is 38.2 Å². The molecule has 7 heteroatoms. The van der Waals surface area contributed by atoms with Crippen molar-refractivity contribution < 1.29 is 9.59 Å². The normalized spacial score (nSPS) is 13.5. The third-order valence-corrected chi connectivity index (χ3v) is 6.26. The van der Waals surface area contributed by atoms with Crippen LogP contribution in [-0.2, 0) is 0 Å².